The van der Waals surface area contributed by atoms with E-state index in [2.05, 4.69) is 0 Å². The monoisotopic (exact) mass is 271 g/mol. The highest BCUT2D eigenvalue weighted by atomic mass is 16.5. The summed E-state index contributed by atoms with van der Waals surface area (Å²) in [6.45, 7) is 3.73. The number of amides is 1. The van der Waals surface area contributed by atoms with Gasteiger partial charge in [-0.25, -0.2) is 0 Å². The Morgan fingerprint density at radius 1 is 1.32 bits per heavy atom. The van der Waals surface area contributed by atoms with Crippen molar-refractivity contribution in [3.05, 3.63) is 0 Å². The quantitative estimate of drug-likeness (QED) is 0.718. The third-order valence-electron chi connectivity index (χ3n) is 3.99. The van der Waals surface area contributed by atoms with E-state index in [9.17, 15) is 14.7 Å². The fourth-order valence-corrected chi connectivity index (χ4v) is 2.76. The molecule has 0 spiro atoms. The molecular formula is C14H25NO4. The highest BCUT2D eigenvalue weighted by Gasteiger charge is 2.41. The minimum absolute atomic E-state index is 0.118. The number of hydrogen-bond donors (Lipinski definition) is 1. The second-order valence-corrected chi connectivity index (χ2v) is 5.31. The van der Waals surface area contributed by atoms with Crippen LogP contribution in [0.2, 0.25) is 0 Å². The summed E-state index contributed by atoms with van der Waals surface area (Å²) >= 11 is 0. The van der Waals surface area contributed by atoms with Gasteiger partial charge in [-0.3, -0.25) is 9.59 Å². The van der Waals surface area contributed by atoms with Crippen LogP contribution in [0.4, 0.5) is 0 Å². The molecule has 0 unspecified atom stereocenters. The highest BCUT2D eigenvalue weighted by molar-refractivity contribution is 5.78. The van der Waals surface area contributed by atoms with Crippen LogP contribution < -0.4 is 0 Å². The van der Waals surface area contributed by atoms with E-state index >= 15 is 0 Å². The Kier molecular flexibility index (Phi) is 6.28. The number of carbonyl (C=O) groups is 2. The first-order valence-electron chi connectivity index (χ1n) is 7.06. The van der Waals surface area contributed by atoms with E-state index in [0.717, 1.165) is 12.8 Å². The number of likely N-dealkylation sites (tertiary alicyclic amines) is 1. The van der Waals surface area contributed by atoms with Gasteiger partial charge in [0, 0.05) is 33.2 Å². The lowest BCUT2D eigenvalue weighted by Crippen LogP contribution is -2.46. The van der Waals surface area contributed by atoms with Crippen molar-refractivity contribution in [2.75, 3.05) is 26.8 Å². The van der Waals surface area contributed by atoms with Gasteiger partial charge in [-0.05, 0) is 25.7 Å². The summed E-state index contributed by atoms with van der Waals surface area (Å²) in [7, 11) is 1.62. The van der Waals surface area contributed by atoms with Gasteiger partial charge in [-0.2, -0.15) is 0 Å². The summed E-state index contributed by atoms with van der Waals surface area (Å²) in [4.78, 5) is 25.2. The molecule has 19 heavy (non-hydrogen) atoms. The van der Waals surface area contributed by atoms with E-state index in [-0.39, 0.29) is 5.91 Å². The normalized spacial score (nSPS) is 18.3. The summed E-state index contributed by atoms with van der Waals surface area (Å²) in [5.41, 5.74) is -0.613. The zero-order valence-electron chi connectivity index (χ0n) is 12.0. The zero-order valence-corrected chi connectivity index (χ0v) is 12.0. The number of nitrogens with zero attached hydrogens (tertiary/aromatic N) is 1. The van der Waals surface area contributed by atoms with Crippen LogP contribution in [-0.2, 0) is 14.3 Å². The first-order chi connectivity index (χ1) is 9.05. The molecule has 0 bridgehead atoms. The van der Waals surface area contributed by atoms with Gasteiger partial charge in [0.05, 0.1) is 5.41 Å². The number of piperidine rings is 1. The SMILES string of the molecule is CCCC1(C(=O)O)CCN(C(=O)CCCOC)CC1. The van der Waals surface area contributed by atoms with Crippen LogP contribution in [0.3, 0.4) is 0 Å². The molecule has 0 saturated carbocycles. The number of methoxy groups -OCH3 is 1. The van der Waals surface area contributed by atoms with E-state index in [1.807, 2.05) is 6.92 Å². The molecule has 0 radical (unpaired) electrons. The Hall–Kier alpha value is -1.10. The maximum Gasteiger partial charge on any atom is 0.309 e. The van der Waals surface area contributed by atoms with Crippen molar-refractivity contribution >= 4 is 11.9 Å². The molecule has 1 rings (SSSR count). The predicted molar refractivity (Wildman–Crippen MR) is 71.9 cm³/mol. The second-order valence-electron chi connectivity index (χ2n) is 5.31. The van der Waals surface area contributed by atoms with E-state index in [4.69, 9.17) is 4.74 Å². The third kappa shape index (κ3) is 4.20. The number of ether oxygens (including phenoxy) is 1. The number of carboxylic acid groups (broad SMARTS) is 1. The summed E-state index contributed by atoms with van der Waals surface area (Å²) in [5, 5.41) is 9.40. The van der Waals surface area contributed by atoms with Crippen LogP contribution in [0.1, 0.15) is 45.4 Å². The molecule has 110 valence electrons. The Morgan fingerprint density at radius 2 is 1.95 bits per heavy atom. The molecule has 0 aromatic heterocycles. The smallest absolute Gasteiger partial charge is 0.309 e. The molecule has 1 amide bonds. The average Bonchev–Trinajstić information content (AvgIpc) is 2.40. The van der Waals surface area contributed by atoms with Crippen LogP contribution in [-0.4, -0.2) is 48.7 Å². The molecule has 1 N–H and O–H groups in total. The van der Waals surface area contributed by atoms with Crippen molar-refractivity contribution in [1.82, 2.24) is 4.90 Å². The van der Waals surface area contributed by atoms with E-state index < -0.39 is 11.4 Å². The molecule has 1 saturated heterocycles. The van der Waals surface area contributed by atoms with Crippen LogP contribution in [0.5, 0.6) is 0 Å². The zero-order chi connectivity index (χ0) is 14.3. The Labute approximate surface area is 114 Å². The lowest BCUT2D eigenvalue weighted by molar-refractivity contribution is -0.155. The predicted octanol–water partition coefficient (Wildman–Crippen LogP) is 1.91. The average molecular weight is 271 g/mol. The molecule has 0 aromatic carbocycles. The topological polar surface area (TPSA) is 66.8 Å². The minimum Gasteiger partial charge on any atom is -0.481 e. The summed E-state index contributed by atoms with van der Waals surface area (Å²) < 4.78 is 4.93. The van der Waals surface area contributed by atoms with Crippen molar-refractivity contribution in [3.8, 4) is 0 Å². The molecule has 5 heteroatoms. The van der Waals surface area contributed by atoms with Gasteiger partial charge in [0.1, 0.15) is 0 Å². The maximum atomic E-state index is 11.9. The van der Waals surface area contributed by atoms with Crippen molar-refractivity contribution in [2.24, 2.45) is 5.41 Å². The van der Waals surface area contributed by atoms with Crippen LogP contribution in [0, 0.1) is 5.41 Å². The van der Waals surface area contributed by atoms with Crippen molar-refractivity contribution < 1.29 is 19.4 Å². The first kappa shape index (κ1) is 16.0. The molecule has 1 aliphatic rings. The standard InChI is InChI=1S/C14H25NO4/c1-3-6-14(13(17)18)7-9-15(10-8-14)12(16)5-4-11-19-2/h3-11H2,1-2H3,(H,17,18). The number of rotatable bonds is 7. The van der Waals surface area contributed by atoms with Gasteiger partial charge in [0.2, 0.25) is 5.91 Å². The second kappa shape index (κ2) is 7.48. The molecule has 1 heterocycles. The van der Waals surface area contributed by atoms with Gasteiger partial charge in [0.15, 0.2) is 0 Å². The minimum atomic E-state index is -0.708. The van der Waals surface area contributed by atoms with E-state index in [1.54, 1.807) is 12.0 Å². The molecular weight excluding hydrogens is 246 g/mol. The molecule has 1 aliphatic heterocycles. The Morgan fingerprint density at radius 3 is 2.42 bits per heavy atom. The van der Waals surface area contributed by atoms with Gasteiger partial charge < -0.3 is 14.7 Å². The van der Waals surface area contributed by atoms with E-state index in [0.29, 0.717) is 45.4 Å². The van der Waals surface area contributed by atoms with Gasteiger partial charge in [0.25, 0.3) is 0 Å². The first-order valence-corrected chi connectivity index (χ1v) is 7.06. The number of hydrogen-bond acceptors (Lipinski definition) is 3. The molecule has 0 atom stereocenters. The fraction of sp³-hybridized carbons (Fsp3) is 0.857. The van der Waals surface area contributed by atoms with Crippen LogP contribution in [0.15, 0.2) is 0 Å². The lowest BCUT2D eigenvalue weighted by atomic mass is 9.75. The maximum absolute atomic E-state index is 11.9. The summed E-state index contributed by atoms with van der Waals surface area (Å²) in [6, 6.07) is 0. The highest BCUT2D eigenvalue weighted by Crippen LogP contribution is 2.36. The van der Waals surface area contributed by atoms with Crippen molar-refractivity contribution in [3.63, 3.8) is 0 Å². The number of aliphatic carboxylic acids is 1. The van der Waals surface area contributed by atoms with Crippen molar-refractivity contribution in [2.45, 2.75) is 45.4 Å². The van der Waals surface area contributed by atoms with Gasteiger partial charge in [-0.1, -0.05) is 13.3 Å². The number of carboxylic acids is 1. The third-order valence-corrected chi connectivity index (χ3v) is 3.99. The molecule has 0 aliphatic carbocycles. The Bertz CT molecular complexity index is 309. The van der Waals surface area contributed by atoms with Gasteiger partial charge in [-0.15, -0.1) is 0 Å². The lowest BCUT2D eigenvalue weighted by Gasteiger charge is -2.39. The number of carbonyl (C=O) groups excluding carboxylic acids is 1. The summed E-state index contributed by atoms with van der Waals surface area (Å²) in [5.74, 6) is -0.589. The summed E-state index contributed by atoms with van der Waals surface area (Å²) in [6.07, 6.45) is 3.94. The van der Waals surface area contributed by atoms with Crippen LogP contribution >= 0.6 is 0 Å². The van der Waals surface area contributed by atoms with Crippen molar-refractivity contribution in [1.29, 1.82) is 0 Å². The molecule has 1 fully saturated rings. The molecule has 5 nitrogen and oxygen atoms in total. The van der Waals surface area contributed by atoms with E-state index in [1.165, 1.54) is 0 Å². The largest absolute Gasteiger partial charge is 0.481 e. The Balaban J connectivity index is 2.46. The molecule has 0 aromatic rings. The fourth-order valence-electron chi connectivity index (χ4n) is 2.76. The van der Waals surface area contributed by atoms with Crippen LogP contribution in [0.25, 0.3) is 0 Å². The van der Waals surface area contributed by atoms with Gasteiger partial charge >= 0.3 is 5.97 Å².